The first-order valence-corrected chi connectivity index (χ1v) is 8.78. The second kappa shape index (κ2) is 8.45. The Balaban J connectivity index is 1.88. The molecule has 0 aromatic heterocycles. The second-order valence-corrected chi connectivity index (χ2v) is 7.04. The maximum atomic E-state index is 12.6. The van der Waals surface area contributed by atoms with Crippen LogP contribution in [-0.4, -0.2) is 56.1 Å². The van der Waals surface area contributed by atoms with Crippen LogP contribution in [0, 0.1) is 19.3 Å². The van der Waals surface area contributed by atoms with E-state index in [-0.39, 0.29) is 11.8 Å². The van der Waals surface area contributed by atoms with E-state index in [1.165, 1.54) is 0 Å². The van der Waals surface area contributed by atoms with E-state index in [1.54, 1.807) is 13.8 Å². The molecule has 2 amide bonds. The molecule has 1 aliphatic rings. The number of hydrogen-bond donors (Lipinski definition) is 2. The van der Waals surface area contributed by atoms with Gasteiger partial charge in [0.15, 0.2) is 0 Å². The molecule has 0 radical (unpaired) electrons. The third-order valence-electron chi connectivity index (χ3n) is 4.81. The molecule has 1 heterocycles. The van der Waals surface area contributed by atoms with Gasteiger partial charge < -0.3 is 15.4 Å². The van der Waals surface area contributed by atoms with Crippen LogP contribution in [0.1, 0.15) is 25.0 Å². The van der Waals surface area contributed by atoms with Gasteiger partial charge in [0.2, 0.25) is 11.8 Å². The Morgan fingerprint density at radius 1 is 1.16 bits per heavy atom. The average Bonchev–Trinajstić information content (AvgIpc) is 2.59. The number of carbonyl (C=O) groups excluding carboxylic acids is 2. The van der Waals surface area contributed by atoms with E-state index >= 15 is 0 Å². The molecular weight excluding hydrogens is 318 g/mol. The largest absolute Gasteiger partial charge is 0.379 e. The third kappa shape index (κ3) is 5.03. The van der Waals surface area contributed by atoms with Gasteiger partial charge in [-0.2, -0.15) is 0 Å². The van der Waals surface area contributed by atoms with Gasteiger partial charge in [-0.1, -0.05) is 12.1 Å². The van der Waals surface area contributed by atoms with Crippen molar-refractivity contribution in [3.05, 3.63) is 29.3 Å². The van der Waals surface area contributed by atoms with E-state index in [2.05, 4.69) is 15.5 Å². The molecule has 138 valence electrons. The van der Waals surface area contributed by atoms with Crippen LogP contribution in [0.5, 0.6) is 0 Å². The zero-order chi connectivity index (χ0) is 18.4. The number of hydrogen-bond acceptors (Lipinski definition) is 4. The van der Waals surface area contributed by atoms with Crippen LogP contribution in [0.25, 0.3) is 0 Å². The zero-order valence-corrected chi connectivity index (χ0v) is 15.6. The molecule has 1 aromatic rings. The predicted molar refractivity (Wildman–Crippen MR) is 98.6 cm³/mol. The summed E-state index contributed by atoms with van der Waals surface area (Å²) in [6, 6.07) is 5.74. The Labute approximate surface area is 149 Å². The fourth-order valence-electron chi connectivity index (χ4n) is 2.64. The van der Waals surface area contributed by atoms with E-state index in [4.69, 9.17) is 4.74 Å². The van der Waals surface area contributed by atoms with Crippen molar-refractivity contribution in [3.63, 3.8) is 0 Å². The molecule has 1 fully saturated rings. The van der Waals surface area contributed by atoms with E-state index in [1.807, 2.05) is 32.0 Å². The monoisotopic (exact) mass is 347 g/mol. The van der Waals surface area contributed by atoms with E-state index in [0.29, 0.717) is 6.54 Å². The molecule has 0 atom stereocenters. The van der Waals surface area contributed by atoms with Gasteiger partial charge >= 0.3 is 0 Å². The standard InChI is InChI=1S/C19H29N3O3/c1-14-6-5-7-16(15(14)2)21-18(24)19(3,4)17(23)20-8-9-22-10-12-25-13-11-22/h5-7H,8-13H2,1-4H3,(H,20,23)(H,21,24). The van der Waals surface area contributed by atoms with Crippen molar-refractivity contribution < 1.29 is 14.3 Å². The van der Waals surface area contributed by atoms with Crippen molar-refractivity contribution in [2.45, 2.75) is 27.7 Å². The van der Waals surface area contributed by atoms with E-state index in [0.717, 1.165) is 49.7 Å². The third-order valence-corrected chi connectivity index (χ3v) is 4.81. The number of nitrogens with zero attached hydrogens (tertiary/aromatic N) is 1. The fourth-order valence-corrected chi connectivity index (χ4v) is 2.64. The molecule has 0 bridgehead atoms. The number of amides is 2. The summed E-state index contributed by atoms with van der Waals surface area (Å²) in [5, 5.41) is 5.77. The van der Waals surface area contributed by atoms with Crippen molar-refractivity contribution in [2.75, 3.05) is 44.7 Å². The topological polar surface area (TPSA) is 70.7 Å². The van der Waals surface area contributed by atoms with Crippen LogP contribution in [0.3, 0.4) is 0 Å². The van der Waals surface area contributed by atoms with Crippen LogP contribution in [0.15, 0.2) is 18.2 Å². The zero-order valence-electron chi connectivity index (χ0n) is 15.6. The Morgan fingerprint density at radius 2 is 1.84 bits per heavy atom. The van der Waals surface area contributed by atoms with Crippen molar-refractivity contribution in [1.29, 1.82) is 0 Å². The van der Waals surface area contributed by atoms with Gasteiger partial charge in [0.05, 0.1) is 13.2 Å². The smallest absolute Gasteiger partial charge is 0.239 e. The molecule has 2 rings (SSSR count). The van der Waals surface area contributed by atoms with Gasteiger partial charge in [-0.25, -0.2) is 0 Å². The molecule has 6 heteroatoms. The fraction of sp³-hybridized carbons (Fsp3) is 0.579. The summed E-state index contributed by atoms with van der Waals surface area (Å²) in [4.78, 5) is 27.3. The summed E-state index contributed by atoms with van der Waals surface area (Å²) in [7, 11) is 0. The number of benzene rings is 1. The van der Waals surface area contributed by atoms with Crippen LogP contribution in [-0.2, 0) is 14.3 Å². The molecule has 0 spiro atoms. The molecule has 0 saturated carbocycles. The van der Waals surface area contributed by atoms with E-state index in [9.17, 15) is 9.59 Å². The van der Waals surface area contributed by atoms with Gasteiger partial charge in [0.1, 0.15) is 5.41 Å². The summed E-state index contributed by atoms with van der Waals surface area (Å²) < 4.78 is 5.31. The summed E-state index contributed by atoms with van der Waals surface area (Å²) in [6.45, 7) is 11.8. The Kier molecular flexibility index (Phi) is 6.56. The number of ether oxygens (including phenoxy) is 1. The highest BCUT2D eigenvalue weighted by molar-refractivity contribution is 6.10. The molecule has 0 aliphatic carbocycles. The number of carbonyl (C=O) groups is 2. The molecular formula is C19H29N3O3. The quantitative estimate of drug-likeness (QED) is 0.769. The minimum absolute atomic E-state index is 0.261. The Bertz CT molecular complexity index is 622. The normalized spacial score (nSPS) is 15.7. The summed E-state index contributed by atoms with van der Waals surface area (Å²) in [6.07, 6.45) is 0. The minimum Gasteiger partial charge on any atom is -0.379 e. The first-order valence-electron chi connectivity index (χ1n) is 8.78. The summed E-state index contributed by atoms with van der Waals surface area (Å²) in [5.74, 6) is -0.561. The molecule has 2 N–H and O–H groups in total. The number of morpholine rings is 1. The maximum absolute atomic E-state index is 12.6. The van der Waals surface area contributed by atoms with Crippen LogP contribution < -0.4 is 10.6 Å². The van der Waals surface area contributed by atoms with Gasteiger partial charge in [-0.3, -0.25) is 14.5 Å². The number of rotatable bonds is 6. The highest BCUT2D eigenvalue weighted by Gasteiger charge is 2.36. The molecule has 1 aromatic carbocycles. The Morgan fingerprint density at radius 3 is 2.52 bits per heavy atom. The van der Waals surface area contributed by atoms with Crippen molar-refractivity contribution in [1.82, 2.24) is 10.2 Å². The molecule has 25 heavy (non-hydrogen) atoms. The second-order valence-electron chi connectivity index (χ2n) is 7.04. The van der Waals surface area contributed by atoms with Gasteiger partial charge in [-0.05, 0) is 44.9 Å². The number of nitrogens with one attached hydrogen (secondary N) is 2. The maximum Gasteiger partial charge on any atom is 0.239 e. The summed E-state index contributed by atoms with van der Waals surface area (Å²) >= 11 is 0. The SMILES string of the molecule is Cc1cccc(NC(=O)C(C)(C)C(=O)NCCN2CCOCC2)c1C. The molecule has 6 nitrogen and oxygen atoms in total. The minimum atomic E-state index is -1.14. The number of aryl methyl sites for hydroxylation is 1. The lowest BCUT2D eigenvalue weighted by Gasteiger charge is -2.28. The van der Waals surface area contributed by atoms with Crippen LogP contribution in [0.4, 0.5) is 5.69 Å². The van der Waals surface area contributed by atoms with Crippen LogP contribution in [0.2, 0.25) is 0 Å². The van der Waals surface area contributed by atoms with Gasteiger partial charge in [-0.15, -0.1) is 0 Å². The van der Waals surface area contributed by atoms with Crippen LogP contribution >= 0.6 is 0 Å². The highest BCUT2D eigenvalue weighted by atomic mass is 16.5. The lowest BCUT2D eigenvalue weighted by molar-refractivity contribution is -0.138. The van der Waals surface area contributed by atoms with E-state index < -0.39 is 5.41 Å². The average molecular weight is 347 g/mol. The lowest BCUT2D eigenvalue weighted by atomic mass is 9.90. The number of anilines is 1. The summed E-state index contributed by atoms with van der Waals surface area (Å²) in [5.41, 5.74) is 1.73. The first-order chi connectivity index (χ1) is 11.8. The van der Waals surface area contributed by atoms with Crippen molar-refractivity contribution in [3.8, 4) is 0 Å². The molecule has 1 saturated heterocycles. The Hall–Kier alpha value is -1.92. The molecule has 1 aliphatic heterocycles. The molecule has 0 unspecified atom stereocenters. The van der Waals surface area contributed by atoms with Crippen molar-refractivity contribution >= 4 is 17.5 Å². The van der Waals surface area contributed by atoms with Gasteiger partial charge in [0.25, 0.3) is 0 Å². The predicted octanol–water partition coefficient (Wildman–Crippen LogP) is 1.72. The van der Waals surface area contributed by atoms with Gasteiger partial charge in [0, 0.05) is 31.9 Å². The lowest BCUT2D eigenvalue weighted by Crippen LogP contribution is -2.48. The van der Waals surface area contributed by atoms with Crippen molar-refractivity contribution in [2.24, 2.45) is 5.41 Å². The first kappa shape index (κ1) is 19.4. The highest BCUT2D eigenvalue weighted by Crippen LogP contribution is 2.22.